The topological polar surface area (TPSA) is 78.5 Å². The zero-order valence-corrected chi connectivity index (χ0v) is 14.3. The summed E-state index contributed by atoms with van der Waals surface area (Å²) in [6.45, 7) is 4.96. The lowest BCUT2D eigenvalue weighted by Gasteiger charge is -2.19. The monoisotopic (exact) mass is 331 g/mol. The lowest BCUT2D eigenvalue weighted by Crippen LogP contribution is -2.40. The maximum Gasteiger partial charge on any atom is 0.241 e. The molecule has 0 bridgehead atoms. The molecule has 1 aliphatic rings. The quantitative estimate of drug-likeness (QED) is 0.825. The van der Waals surface area contributed by atoms with Crippen molar-refractivity contribution in [3.05, 3.63) is 35.4 Å². The molecule has 0 saturated carbocycles. The Morgan fingerprint density at radius 1 is 1.12 bits per heavy atom. The van der Waals surface area contributed by atoms with E-state index in [0.29, 0.717) is 0 Å². The first-order chi connectivity index (χ1) is 11.5. The maximum absolute atomic E-state index is 12.2. The van der Waals surface area contributed by atoms with Gasteiger partial charge in [-0.3, -0.25) is 14.4 Å². The third-order valence-electron chi connectivity index (χ3n) is 4.14. The Labute approximate surface area is 142 Å². The van der Waals surface area contributed by atoms with Crippen LogP contribution in [0.4, 0.5) is 0 Å². The van der Waals surface area contributed by atoms with E-state index in [0.717, 1.165) is 37.1 Å². The summed E-state index contributed by atoms with van der Waals surface area (Å²) in [6.07, 6.45) is 2.16. The molecule has 6 heteroatoms. The van der Waals surface area contributed by atoms with Crippen LogP contribution >= 0.6 is 0 Å². The molecule has 1 aromatic rings. The van der Waals surface area contributed by atoms with Crippen LogP contribution in [0.3, 0.4) is 0 Å². The number of nitrogens with one attached hydrogen (secondary N) is 2. The summed E-state index contributed by atoms with van der Waals surface area (Å²) in [4.78, 5) is 37.3. The predicted octanol–water partition coefficient (Wildman–Crippen LogP) is 1.30. The fraction of sp³-hybridized carbons (Fsp3) is 0.500. The van der Waals surface area contributed by atoms with Crippen LogP contribution in [-0.2, 0) is 14.4 Å². The van der Waals surface area contributed by atoms with Crippen LogP contribution in [0, 0.1) is 6.92 Å². The van der Waals surface area contributed by atoms with Crippen LogP contribution in [0.25, 0.3) is 0 Å². The summed E-state index contributed by atoms with van der Waals surface area (Å²) < 4.78 is 0. The third kappa shape index (κ3) is 5.37. The Kier molecular flexibility index (Phi) is 6.35. The number of nitrogens with zero attached hydrogens (tertiary/aromatic N) is 1. The first-order valence-electron chi connectivity index (χ1n) is 8.34. The van der Waals surface area contributed by atoms with Crippen molar-refractivity contribution in [2.24, 2.45) is 0 Å². The average Bonchev–Trinajstić information content (AvgIpc) is 3.07. The Morgan fingerprint density at radius 3 is 2.33 bits per heavy atom. The van der Waals surface area contributed by atoms with Gasteiger partial charge in [-0.05, 0) is 25.3 Å². The molecular weight excluding hydrogens is 306 g/mol. The number of hydrogen-bond donors (Lipinski definition) is 2. The molecule has 0 aromatic heterocycles. The number of carbonyl (C=O) groups is 3. The summed E-state index contributed by atoms with van der Waals surface area (Å²) in [7, 11) is 0. The molecule has 6 nitrogen and oxygen atoms in total. The Hall–Kier alpha value is -2.37. The van der Waals surface area contributed by atoms with E-state index in [1.165, 1.54) is 6.92 Å². The Bertz CT molecular complexity index is 592. The van der Waals surface area contributed by atoms with Crippen molar-refractivity contribution in [3.8, 4) is 0 Å². The second kappa shape index (κ2) is 8.47. The number of carbonyl (C=O) groups excluding carboxylic acids is 3. The molecule has 1 aromatic carbocycles. The standard InChI is InChI=1S/C18H25N3O3/c1-13-5-7-15(8-6-13)16(20-14(2)22)11-17(23)19-12-18(24)21-9-3-4-10-21/h5-8,16H,3-4,9-12H2,1-2H3,(H,19,23)(H,20,22). The maximum atomic E-state index is 12.2. The molecule has 1 saturated heterocycles. The van der Waals surface area contributed by atoms with Crippen molar-refractivity contribution >= 4 is 17.7 Å². The summed E-state index contributed by atoms with van der Waals surface area (Å²) in [5.74, 6) is -0.490. The van der Waals surface area contributed by atoms with Crippen LogP contribution in [0.1, 0.15) is 43.4 Å². The highest BCUT2D eigenvalue weighted by atomic mass is 16.2. The number of rotatable bonds is 6. The van der Waals surface area contributed by atoms with E-state index in [-0.39, 0.29) is 30.7 Å². The van der Waals surface area contributed by atoms with Crippen molar-refractivity contribution < 1.29 is 14.4 Å². The molecule has 1 aliphatic heterocycles. The number of benzene rings is 1. The molecule has 3 amide bonds. The van der Waals surface area contributed by atoms with E-state index in [9.17, 15) is 14.4 Å². The molecule has 1 atom stereocenters. The lowest BCUT2D eigenvalue weighted by atomic mass is 10.0. The largest absolute Gasteiger partial charge is 0.349 e. The molecule has 1 unspecified atom stereocenters. The van der Waals surface area contributed by atoms with Crippen molar-refractivity contribution in [1.29, 1.82) is 0 Å². The number of likely N-dealkylation sites (tertiary alicyclic amines) is 1. The smallest absolute Gasteiger partial charge is 0.241 e. The molecule has 2 rings (SSSR count). The summed E-state index contributed by atoms with van der Waals surface area (Å²) in [6, 6.07) is 7.29. The van der Waals surface area contributed by atoms with Gasteiger partial charge in [0.1, 0.15) is 0 Å². The number of aryl methyl sites for hydroxylation is 1. The van der Waals surface area contributed by atoms with Crippen LogP contribution in [-0.4, -0.2) is 42.3 Å². The molecule has 0 radical (unpaired) electrons. The van der Waals surface area contributed by atoms with Gasteiger partial charge >= 0.3 is 0 Å². The first-order valence-corrected chi connectivity index (χ1v) is 8.34. The van der Waals surface area contributed by atoms with Crippen LogP contribution in [0.5, 0.6) is 0 Å². The Balaban J connectivity index is 1.90. The zero-order chi connectivity index (χ0) is 17.5. The van der Waals surface area contributed by atoms with Crippen LogP contribution in [0.2, 0.25) is 0 Å². The van der Waals surface area contributed by atoms with E-state index >= 15 is 0 Å². The lowest BCUT2D eigenvalue weighted by molar-refractivity contribution is -0.132. The highest BCUT2D eigenvalue weighted by Crippen LogP contribution is 2.17. The van der Waals surface area contributed by atoms with Gasteiger partial charge in [0.2, 0.25) is 17.7 Å². The van der Waals surface area contributed by atoms with Gasteiger partial charge in [-0.1, -0.05) is 29.8 Å². The van der Waals surface area contributed by atoms with E-state index in [1.807, 2.05) is 31.2 Å². The Morgan fingerprint density at radius 2 is 1.75 bits per heavy atom. The van der Waals surface area contributed by atoms with Crippen LogP contribution < -0.4 is 10.6 Å². The molecule has 130 valence electrons. The minimum atomic E-state index is -0.398. The molecule has 24 heavy (non-hydrogen) atoms. The van der Waals surface area contributed by atoms with E-state index < -0.39 is 6.04 Å². The zero-order valence-electron chi connectivity index (χ0n) is 14.3. The summed E-state index contributed by atoms with van der Waals surface area (Å²) >= 11 is 0. The van der Waals surface area contributed by atoms with Crippen molar-refractivity contribution in [1.82, 2.24) is 15.5 Å². The van der Waals surface area contributed by atoms with Crippen molar-refractivity contribution in [2.45, 2.75) is 39.2 Å². The van der Waals surface area contributed by atoms with Gasteiger partial charge in [-0.25, -0.2) is 0 Å². The molecule has 1 fully saturated rings. The second-order valence-electron chi connectivity index (χ2n) is 6.23. The van der Waals surface area contributed by atoms with Gasteiger partial charge in [0, 0.05) is 20.0 Å². The molecule has 0 aliphatic carbocycles. The van der Waals surface area contributed by atoms with Gasteiger partial charge in [-0.15, -0.1) is 0 Å². The molecule has 0 spiro atoms. The number of amides is 3. The minimum Gasteiger partial charge on any atom is -0.349 e. The van der Waals surface area contributed by atoms with Crippen molar-refractivity contribution in [2.75, 3.05) is 19.6 Å². The number of hydrogen-bond acceptors (Lipinski definition) is 3. The van der Waals surface area contributed by atoms with Crippen LogP contribution in [0.15, 0.2) is 24.3 Å². The molecular formula is C18H25N3O3. The van der Waals surface area contributed by atoms with Gasteiger partial charge in [0.15, 0.2) is 0 Å². The highest BCUT2D eigenvalue weighted by Gasteiger charge is 2.20. The van der Waals surface area contributed by atoms with Gasteiger partial charge < -0.3 is 15.5 Å². The first kappa shape index (κ1) is 18.0. The van der Waals surface area contributed by atoms with E-state index in [4.69, 9.17) is 0 Å². The van der Waals surface area contributed by atoms with Gasteiger partial charge in [-0.2, -0.15) is 0 Å². The minimum absolute atomic E-state index is 0.0134. The average molecular weight is 331 g/mol. The SMILES string of the molecule is CC(=O)NC(CC(=O)NCC(=O)N1CCCC1)c1ccc(C)cc1. The van der Waals surface area contributed by atoms with Crippen molar-refractivity contribution in [3.63, 3.8) is 0 Å². The normalized spacial score (nSPS) is 15.0. The fourth-order valence-electron chi connectivity index (χ4n) is 2.81. The second-order valence-corrected chi connectivity index (χ2v) is 6.23. The molecule has 2 N–H and O–H groups in total. The third-order valence-corrected chi connectivity index (χ3v) is 4.14. The molecule has 1 heterocycles. The summed E-state index contributed by atoms with van der Waals surface area (Å²) in [5.41, 5.74) is 1.98. The van der Waals surface area contributed by atoms with Gasteiger partial charge in [0.25, 0.3) is 0 Å². The fourth-order valence-corrected chi connectivity index (χ4v) is 2.81. The van der Waals surface area contributed by atoms with E-state index in [2.05, 4.69) is 10.6 Å². The van der Waals surface area contributed by atoms with Gasteiger partial charge in [0.05, 0.1) is 19.0 Å². The van der Waals surface area contributed by atoms with E-state index in [1.54, 1.807) is 4.90 Å². The predicted molar refractivity (Wildman–Crippen MR) is 91.2 cm³/mol. The summed E-state index contributed by atoms with van der Waals surface area (Å²) in [5, 5.41) is 5.46. The highest BCUT2D eigenvalue weighted by molar-refractivity contribution is 5.85.